The van der Waals surface area contributed by atoms with Crippen LogP contribution in [-0.4, -0.2) is 41.3 Å². The normalized spacial score (nSPS) is 10.7. The van der Waals surface area contributed by atoms with Crippen molar-refractivity contribution < 1.29 is 0 Å². The van der Waals surface area contributed by atoms with Gasteiger partial charge in [0.15, 0.2) is 0 Å². The van der Waals surface area contributed by atoms with Crippen molar-refractivity contribution in [3.05, 3.63) is 59.7 Å². The Morgan fingerprint density at radius 3 is 1.28 bits per heavy atom. The molecule has 0 atom stereocenters. The van der Waals surface area contributed by atoms with Gasteiger partial charge in [0.1, 0.15) is 0 Å². The molecule has 0 amide bonds. The van der Waals surface area contributed by atoms with E-state index in [1.54, 1.807) is 0 Å². The second kappa shape index (κ2) is 10.1. The van der Waals surface area contributed by atoms with E-state index < -0.39 is 0 Å². The Morgan fingerprint density at radius 1 is 0.600 bits per heavy atom. The van der Waals surface area contributed by atoms with Crippen molar-refractivity contribution in [1.29, 1.82) is 0 Å². The van der Waals surface area contributed by atoms with Crippen LogP contribution in [0.4, 0.5) is 11.4 Å². The van der Waals surface area contributed by atoms with Gasteiger partial charge in [-0.1, -0.05) is 24.3 Å². The Balaban J connectivity index is 1.56. The minimum absolute atomic E-state index is 0.930. The largest absolute Gasteiger partial charge is 0.378 e. The number of rotatable bonds is 10. The van der Waals surface area contributed by atoms with Crippen LogP contribution in [0.2, 0.25) is 0 Å². The lowest BCUT2D eigenvalue weighted by Gasteiger charge is -2.13. The minimum Gasteiger partial charge on any atom is -0.378 e. The monoisotopic (exact) mass is 340 g/mol. The molecule has 0 saturated heterocycles. The van der Waals surface area contributed by atoms with Crippen LogP contribution in [0.25, 0.3) is 0 Å². The molecule has 0 spiro atoms. The highest BCUT2D eigenvalue weighted by molar-refractivity contribution is 5.46. The standard InChI is InChI=1S/C21H32N4/c1-24(2)20-10-6-18(7-11-20)16-22-14-5-15-23-17-19-8-12-21(13-9-19)25(3)4/h6-13,22-23H,5,14-17H2,1-4H3. The lowest BCUT2D eigenvalue weighted by Crippen LogP contribution is -2.21. The van der Waals surface area contributed by atoms with Crippen LogP contribution in [-0.2, 0) is 13.1 Å². The Bertz CT molecular complexity index is 547. The SMILES string of the molecule is CN(C)c1ccc(CNCCCNCc2ccc(N(C)C)cc2)cc1. The number of hydrogen-bond donors (Lipinski definition) is 2. The van der Waals surface area contributed by atoms with E-state index in [2.05, 4.69) is 97.2 Å². The third-order valence-corrected chi connectivity index (χ3v) is 4.27. The van der Waals surface area contributed by atoms with Crippen LogP contribution >= 0.6 is 0 Å². The summed E-state index contributed by atoms with van der Waals surface area (Å²) in [5, 5.41) is 7.02. The Labute approximate surface area is 152 Å². The second-order valence-electron chi connectivity index (χ2n) is 6.83. The fourth-order valence-electron chi connectivity index (χ4n) is 2.63. The molecule has 2 aromatic rings. The van der Waals surface area contributed by atoms with Crippen molar-refractivity contribution in [2.24, 2.45) is 0 Å². The number of nitrogens with zero attached hydrogens (tertiary/aromatic N) is 2. The third kappa shape index (κ3) is 6.77. The molecule has 0 aliphatic carbocycles. The molecule has 0 radical (unpaired) electrons. The van der Waals surface area contributed by atoms with Gasteiger partial charge in [-0.05, 0) is 54.9 Å². The van der Waals surface area contributed by atoms with Gasteiger partial charge in [-0.15, -0.1) is 0 Å². The highest BCUT2D eigenvalue weighted by Crippen LogP contribution is 2.12. The average molecular weight is 341 g/mol. The van der Waals surface area contributed by atoms with E-state index in [0.29, 0.717) is 0 Å². The van der Waals surface area contributed by atoms with Gasteiger partial charge in [-0.25, -0.2) is 0 Å². The smallest absolute Gasteiger partial charge is 0.0361 e. The fourth-order valence-corrected chi connectivity index (χ4v) is 2.63. The molecule has 136 valence electrons. The molecular weight excluding hydrogens is 308 g/mol. The quantitative estimate of drug-likeness (QED) is 0.651. The first-order valence-electron chi connectivity index (χ1n) is 9.00. The molecule has 0 saturated carbocycles. The summed E-state index contributed by atoms with van der Waals surface area (Å²) in [6.45, 7) is 3.92. The molecule has 0 heterocycles. The lowest BCUT2D eigenvalue weighted by atomic mass is 10.2. The molecule has 4 heteroatoms. The molecule has 0 fully saturated rings. The van der Waals surface area contributed by atoms with Gasteiger partial charge in [-0.3, -0.25) is 0 Å². The van der Waals surface area contributed by atoms with E-state index in [1.807, 2.05) is 0 Å². The molecule has 0 aliphatic heterocycles. The molecule has 0 aromatic heterocycles. The van der Waals surface area contributed by atoms with E-state index in [-0.39, 0.29) is 0 Å². The maximum Gasteiger partial charge on any atom is 0.0361 e. The van der Waals surface area contributed by atoms with Gasteiger partial charge in [0, 0.05) is 52.7 Å². The van der Waals surface area contributed by atoms with Crippen LogP contribution in [0.5, 0.6) is 0 Å². The van der Waals surface area contributed by atoms with Crippen molar-refractivity contribution in [2.75, 3.05) is 51.1 Å². The van der Waals surface area contributed by atoms with Crippen molar-refractivity contribution in [1.82, 2.24) is 10.6 Å². The van der Waals surface area contributed by atoms with E-state index in [1.165, 1.54) is 22.5 Å². The van der Waals surface area contributed by atoms with Gasteiger partial charge in [-0.2, -0.15) is 0 Å². The summed E-state index contributed by atoms with van der Waals surface area (Å²) in [5.74, 6) is 0. The molecule has 2 rings (SSSR count). The van der Waals surface area contributed by atoms with Gasteiger partial charge >= 0.3 is 0 Å². The number of benzene rings is 2. The Hall–Kier alpha value is -2.04. The maximum atomic E-state index is 3.51. The van der Waals surface area contributed by atoms with Crippen molar-refractivity contribution >= 4 is 11.4 Å². The summed E-state index contributed by atoms with van der Waals surface area (Å²) >= 11 is 0. The van der Waals surface area contributed by atoms with Gasteiger partial charge in [0.05, 0.1) is 0 Å². The van der Waals surface area contributed by atoms with Crippen molar-refractivity contribution in [2.45, 2.75) is 19.5 Å². The van der Waals surface area contributed by atoms with E-state index in [4.69, 9.17) is 0 Å². The predicted octanol–water partition coefficient (Wildman–Crippen LogP) is 3.09. The molecule has 2 N–H and O–H groups in total. The zero-order chi connectivity index (χ0) is 18.1. The average Bonchev–Trinajstić information content (AvgIpc) is 2.61. The zero-order valence-corrected chi connectivity index (χ0v) is 16.0. The number of hydrogen-bond acceptors (Lipinski definition) is 4. The third-order valence-electron chi connectivity index (χ3n) is 4.27. The highest BCUT2D eigenvalue weighted by Gasteiger charge is 1.98. The summed E-state index contributed by atoms with van der Waals surface area (Å²) in [6, 6.07) is 17.4. The van der Waals surface area contributed by atoms with Gasteiger partial charge in [0.2, 0.25) is 0 Å². The van der Waals surface area contributed by atoms with Crippen molar-refractivity contribution in [3.63, 3.8) is 0 Å². The minimum atomic E-state index is 0.930. The number of anilines is 2. The molecular formula is C21H32N4. The van der Waals surface area contributed by atoms with Gasteiger partial charge in [0.25, 0.3) is 0 Å². The molecule has 0 unspecified atom stereocenters. The summed E-state index contributed by atoms with van der Waals surface area (Å²) in [4.78, 5) is 4.24. The Kier molecular flexibility index (Phi) is 7.76. The Morgan fingerprint density at radius 2 is 0.960 bits per heavy atom. The summed E-state index contributed by atoms with van der Waals surface area (Å²) in [6.07, 6.45) is 1.13. The summed E-state index contributed by atoms with van der Waals surface area (Å²) in [7, 11) is 8.27. The van der Waals surface area contributed by atoms with E-state index in [0.717, 1.165) is 32.6 Å². The van der Waals surface area contributed by atoms with Crippen LogP contribution in [0, 0.1) is 0 Å². The van der Waals surface area contributed by atoms with Crippen LogP contribution < -0.4 is 20.4 Å². The maximum absolute atomic E-state index is 3.51. The highest BCUT2D eigenvalue weighted by atomic mass is 15.1. The lowest BCUT2D eigenvalue weighted by molar-refractivity contribution is 0.595. The molecule has 2 aromatic carbocycles. The van der Waals surface area contributed by atoms with Gasteiger partial charge < -0.3 is 20.4 Å². The molecule has 25 heavy (non-hydrogen) atoms. The van der Waals surface area contributed by atoms with E-state index >= 15 is 0 Å². The molecule has 0 bridgehead atoms. The van der Waals surface area contributed by atoms with Crippen molar-refractivity contribution in [3.8, 4) is 0 Å². The van der Waals surface area contributed by atoms with Crippen LogP contribution in [0.15, 0.2) is 48.5 Å². The van der Waals surface area contributed by atoms with Crippen LogP contribution in [0.1, 0.15) is 17.5 Å². The molecule has 4 nitrogen and oxygen atoms in total. The first-order valence-corrected chi connectivity index (χ1v) is 9.00. The summed E-state index contributed by atoms with van der Waals surface area (Å²) in [5.41, 5.74) is 5.15. The first-order chi connectivity index (χ1) is 12.1. The second-order valence-corrected chi connectivity index (χ2v) is 6.83. The fraction of sp³-hybridized carbons (Fsp3) is 0.429. The zero-order valence-electron chi connectivity index (χ0n) is 16.0. The number of nitrogens with one attached hydrogen (secondary N) is 2. The topological polar surface area (TPSA) is 30.5 Å². The summed E-state index contributed by atoms with van der Waals surface area (Å²) < 4.78 is 0. The van der Waals surface area contributed by atoms with E-state index in [9.17, 15) is 0 Å². The predicted molar refractivity (Wildman–Crippen MR) is 110 cm³/mol. The first kappa shape index (κ1) is 19.3. The van der Waals surface area contributed by atoms with Crippen LogP contribution in [0.3, 0.4) is 0 Å². The molecule has 0 aliphatic rings.